The fourth-order valence-corrected chi connectivity index (χ4v) is 5.01. The van der Waals surface area contributed by atoms with Crippen molar-refractivity contribution < 1.29 is 8.42 Å². The molecule has 6 nitrogen and oxygen atoms in total. The minimum atomic E-state index is -3.37. The summed E-state index contributed by atoms with van der Waals surface area (Å²) in [6.07, 6.45) is 0. The number of rotatable bonds is 10. The Bertz CT molecular complexity index is 885. The monoisotopic (exact) mass is 434 g/mol. The highest BCUT2D eigenvalue weighted by atomic mass is 32.2. The Balaban J connectivity index is 1.86. The van der Waals surface area contributed by atoms with Crippen LogP contribution in [0.25, 0.3) is 0 Å². The molecule has 0 unspecified atom stereocenters. The number of hydrogen-bond acceptors (Lipinski definition) is 4. The first kappa shape index (κ1) is 23.3. The molecule has 2 aromatic carbocycles. The molecule has 0 heterocycles. The first-order chi connectivity index (χ1) is 13.9. The maximum Gasteiger partial charge on any atom is 0.216 e. The molecule has 0 atom stereocenters. The molecule has 0 bridgehead atoms. The van der Waals surface area contributed by atoms with Crippen LogP contribution in [0.4, 0.5) is 0 Å². The van der Waals surface area contributed by atoms with Gasteiger partial charge in [0.1, 0.15) is 0 Å². The standard InChI is InChI=1S/C21H30N4O2S2/c1-17(2)25-29(26,27)16-19-10-8-7-9-18(19)15-24-21(22-3)23-13-14-28-20-11-5-4-6-12-20/h4-12,17,25H,13-16H2,1-3H3,(H2,22,23,24). The van der Waals surface area contributed by atoms with Crippen LogP contribution in [-0.4, -0.2) is 39.8 Å². The predicted octanol–water partition coefficient (Wildman–Crippen LogP) is 2.97. The van der Waals surface area contributed by atoms with Gasteiger partial charge in [-0.25, -0.2) is 13.1 Å². The van der Waals surface area contributed by atoms with Gasteiger partial charge >= 0.3 is 0 Å². The fourth-order valence-electron chi connectivity index (χ4n) is 2.73. The molecule has 0 spiro atoms. The van der Waals surface area contributed by atoms with Crippen LogP contribution in [-0.2, 0) is 22.3 Å². The molecule has 0 aliphatic rings. The van der Waals surface area contributed by atoms with E-state index in [4.69, 9.17) is 0 Å². The maximum absolute atomic E-state index is 12.3. The number of hydrogen-bond donors (Lipinski definition) is 3. The topological polar surface area (TPSA) is 82.6 Å². The van der Waals surface area contributed by atoms with Gasteiger partial charge in [-0.1, -0.05) is 42.5 Å². The zero-order valence-corrected chi connectivity index (χ0v) is 18.8. The molecule has 29 heavy (non-hydrogen) atoms. The van der Waals surface area contributed by atoms with E-state index in [0.29, 0.717) is 12.5 Å². The van der Waals surface area contributed by atoms with Gasteiger partial charge in [0.25, 0.3) is 0 Å². The van der Waals surface area contributed by atoms with Crippen LogP contribution in [0.15, 0.2) is 64.5 Å². The molecule has 0 fully saturated rings. The molecule has 158 valence electrons. The first-order valence-corrected chi connectivity index (χ1v) is 12.2. The summed E-state index contributed by atoms with van der Waals surface area (Å²) in [5.74, 6) is 1.57. The Morgan fingerprint density at radius 3 is 2.31 bits per heavy atom. The van der Waals surface area contributed by atoms with E-state index in [1.807, 2.05) is 56.3 Å². The molecule has 2 rings (SSSR count). The van der Waals surface area contributed by atoms with Gasteiger partial charge in [-0.15, -0.1) is 11.8 Å². The molecule has 2 aromatic rings. The Hall–Kier alpha value is -2.03. The molecular weight excluding hydrogens is 404 g/mol. The van der Waals surface area contributed by atoms with Crippen molar-refractivity contribution in [2.75, 3.05) is 19.3 Å². The first-order valence-electron chi connectivity index (χ1n) is 9.59. The number of benzene rings is 2. The van der Waals surface area contributed by atoms with Gasteiger partial charge in [-0.2, -0.15) is 0 Å². The SMILES string of the molecule is CN=C(NCCSc1ccccc1)NCc1ccccc1CS(=O)(=O)NC(C)C. The van der Waals surface area contributed by atoms with E-state index in [1.165, 1.54) is 4.90 Å². The van der Waals surface area contributed by atoms with Crippen LogP contribution in [0.1, 0.15) is 25.0 Å². The van der Waals surface area contributed by atoms with E-state index in [0.717, 1.165) is 23.4 Å². The molecule has 0 radical (unpaired) electrons. The molecule has 0 aromatic heterocycles. The van der Waals surface area contributed by atoms with Crippen molar-refractivity contribution in [1.29, 1.82) is 0 Å². The van der Waals surface area contributed by atoms with Gasteiger partial charge in [0.15, 0.2) is 5.96 Å². The Labute approximate surface area is 178 Å². The highest BCUT2D eigenvalue weighted by Gasteiger charge is 2.15. The van der Waals surface area contributed by atoms with E-state index < -0.39 is 10.0 Å². The highest BCUT2D eigenvalue weighted by Crippen LogP contribution is 2.16. The van der Waals surface area contributed by atoms with Crippen LogP contribution in [0.2, 0.25) is 0 Å². The smallest absolute Gasteiger partial charge is 0.216 e. The van der Waals surface area contributed by atoms with E-state index in [1.54, 1.807) is 18.8 Å². The molecule has 0 saturated heterocycles. The third-order valence-corrected chi connectivity index (χ3v) is 6.49. The van der Waals surface area contributed by atoms with Crippen molar-refractivity contribution in [3.8, 4) is 0 Å². The van der Waals surface area contributed by atoms with Crippen LogP contribution in [0, 0.1) is 0 Å². The second kappa shape index (κ2) is 11.8. The molecule has 8 heteroatoms. The lowest BCUT2D eigenvalue weighted by atomic mass is 10.1. The average Bonchev–Trinajstić information content (AvgIpc) is 2.68. The third kappa shape index (κ3) is 8.89. The molecular formula is C21H30N4O2S2. The zero-order chi connectivity index (χ0) is 21.1. The van der Waals surface area contributed by atoms with Crippen molar-refractivity contribution in [3.63, 3.8) is 0 Å². The normalized spacial score (nSPS) is 12.2. The minimum Gasteiger partial charge on any atom is -0.356 e. The lowest BCUT2D eigenvalue weighted by Gasteiger charge is -2.15. The van der Waals surface area contributed by atoms with Gasteiger partial charge in [-0.05, 0) is 37.1 Å². The summed E-state index contributed by atoms with van der Waals surface area (Å²) in [6.45, 7) is 4.90. The number of sulfonamides is 1. The number of nitrogens with zero attached hydrogens (tertiary/aromatic N) is 1. The predicted molar refractivity (Wildman–Crippen MR) is 123 cm³/mol. The van der Waals surface area contributed by atoms with Crippen LogP contribution < -0.4 is 15.4 Å². The zero-order valence-electron chi connectivity index (χ0n) is 17.2. The Morgan fingerprint density at radius 1 is 1.00 bits per heavy atom. The quantitative estimate of drug-likeness (QED) is 0.232. The van der Waals surface area contributed by atoms with Gasteiger partial charge in [0, 0.05) is 36.8 Å². The summed E-state index contributed by atoms with van der Waals surface area (Å²) >= 11 is 1.78. The van der Waals surface area contributed by atoms with Gasteiger partial charge < -0.3 is 10.6 Å². The number of guanidine groups is 1. The summed E-state index contributed by atoms with van der Waals surface area (Å²) in [5.41, 5.74) is 1.71. The number of nitrogens with one attached hydrogen (secondary N) is 3. The van der Waals surface area contributed by atoms with Crippen molar-refractivity contribution >= 4 is 27.7 Å². The summed E-state index contributed by atoms with van der Waals surface area (Å²) in [6, 6.07) is 17.7. The van der Waals surface area contributed by atoms with Gasteiger partial charge in [0.2, 0.25) is 10.0 Å². The second-order valence-electron chi connectivity index (χ2n) is 6.81. The average molecular weight is 435 g/mol. The maximum atomic E-state index is 12.3. The lowest BCUT2D eigenvalue weighted by Crippen LogP contribution is -2.38. The van der Waals surface area contributed by atoms with E-state index >= 15 is 0 Å². The van der Waals surface area contributed by atoms with E-state index in [9.17, 15) is 8.42 Å². The number of aliphatic imine (C=N–C) groups is 1. The van der Waals surface area contributed by atoms with Crippen LogP contribution in [0.3, 0.4) is 0 Å². The summed E-state index contributed by atoms with van der Waals surface area (Å²) in [7, 11) is -1.65. The molecule has 3 N–H and O–H groups in total. The molecule has 0 aliphatic carbocycles. The van der Waals surface area contributed by atoms with Crippen LogP contribution in [0.5, 0.6) is 0 Å². The molecule has 0 aliphatic heterocycles. The summed E-state index contributed by atoms with van der Waals surface area (Å²) < 4.78 is 27.2. The molecule has 0 saturated carbocycles. The van der Waals surface area contributed by atoms with Crippen molar-refractivity contribution in [2.24, 2.45) is 4.99 Å². The van der Waals surface area contributed by atoms with Gasteiger partial charge in [-0.3, -0.25) is 4.99 Å². The number of thioether (sulfide) groups is 1. The van der Waals surface area contributed by atoms with E-state index in [-0.39, 0.29) is 11.8 Å². The van der Waals surface area contributed by atoms with Crippen molar-refractivity contribution in [3.05, 3.63) is 65.7 Å². The Kier molecular flexibility index (Phi) is 9.50. The minimum absolute atomic E-state index is 0.0389. The van der Waals surface area contributed by atoms with Crippen LogP contribution >= 0.6 is 11.8 Å². The Morgan fingerprint density at radius 2 is 1.66 bits per heavy atom. The molecule has 0 amide bonds. The lowest BCUT2D eigenvalue weighted by molar-refractivity contribution is 0.568. The van der Waals surface area contributed by atoms with Gasteiger partial charge in [0.05, 0.1) is 5.75 Å². The van der Waals surface area contributed by atoms with Crippen molar-refractivity contribution in [1.82, 2.24) is 15.4 Å². The summed E-state index contributed by atoms with van der Waals surface area (Å²) in [4.78, 5) is 5.48. The highest BCUT2D eigenvalue weighted by molar-refractivity contribution is 7.99. The summed E-state index contributed by atoms with van der Waals surface area (Å²) in [5, 5.41) is 6.56. The second-order valence-corrected chi connectivity index (χ2v) is 9.74. The largest absolute Gasteiger partial charge is 0.356 e. The van der Waals surface area contributed by atoms with Crippen molar-refractivity contribution in [2.45, 2.75) is 37.1 Å². The fraction of sp³-hybridized carbons (Fsp3) is 0.381. The van der Waals surface area contributed by atoms with E-state index in [2.05, 4.69) is 32.5 Å². The third-order valence-electron chi connectivity index (χ3n) is 3.96.